The van der Waals surface area contributed by atoms with Gasteiger partial charge in [0.1, 0.15) is 0 Å². The van der Waals surface area contributed by atoms with Crippen LogP contribution in [0.2, 0.25) is 0 Å². The van der Waals surface area contributed by atoms with Crippen molar-refractivity contribution in [2.24, 2.45) is 11.8 Å². The van der Waals surface area contributed by atoms with Crippen molar-refractivity contribution in [2.45, 2.75) is 19.3 Å². The molecule has 0 spiro atoms. The minimum absolute atomic E-state index is 0. The van der Waals surface area contributed by atoms with E-state index in [-0.39, 0.29) is 48.0 Å². The average molecular weight is 468 g/mol. The highest BCUT2D eigenvalue weighted by molar-refractivity contribution is 4.85. The van der Waals surface area contributed by atoms with Gasteiger partial charge in [0.2, 0.25) is 0 Å². The summed E-state index contributed by atoms with van der Waals surface area (Å²) >= 11 is 0. The summed E-state index contributed by atoms with van der Waals surface area (Å²) < 4.78 is 2.25. The van der Waals surface area contributed by atoms with Crippen molar-refractivity contribution in [1.82, 2.24) is 0 Å². The van der Waals surface area contributed by atoms with Gasteiger partial charge in [-0.25, -0.2) is 0 Å². The van der Waals surface area contributed by atoms with Crippen LogP contribution in [0.15, 0.2) is 0 Å². The Hall–Kier alpha value is 1.38. The van der Waals surface area contributed by atoms with Crippen LogP contribution in [-0.4, -0.2) is 64.3 Å². The van der Waals surface area contributed by atoms with Crippen molar-refractivity contribution in [3.05, 3.63) is 0 Å². The zero-order chi connectivity index (χ0) is 11.7. The van der Waals surface area contributed by atoms with Gasteiger partial charge in [0.05, 0.1) is 55.4 Å². The van der Waals surface area contributed by atoms with E-state index < -0.39 is 0 Å². The molecule has 2 unspecified atom stereocenters. The Morgan fingerprint density at radius 2 is 1.00 bits per heavy atom. The van der Waals surface area contributed by atoms with Crippen LogP contribution in [0.25, 0.3) is 0 Å². The van der Waals surface area contributed by atoms with Crippen LogP contribution in [0.3, 0.4) is 0 Å². The fraction of sp³-hybridized carbons (Fsp3) is 1.00. The Morgan fingerprint density at radius 1 is 0.706 bits per heavy atom. The molecule has 0 aromatic heterocycles. The molecule has 4 heteroatoms. The molecule has 2 atom stereocenters. The van der Waals surface area contributed by atoms with Crippen LogP contribution < -0.4 is 48.0 Å². The Labute approximate surface area is 142 Å². The summed E-state index contributed by atoms with van der Waals surface area (Å²) in [4.78, 5) is 0. The van der Waals surface area contributed by atoms with E-state index in [2.05, 4.69) is 42.3 Å². The molecule has 0 aliphatic heterocycles. The maximum atomic E-state index is 2.30. The molecule has 0 aromatic carbocycles. The predicted octanol–water partition coefficient (Wildman–Crippen LogP) is -4.18. The highest BCUT2D eigenvalue weighted by Crippen LogP contribution is 2.44. The van der Waals surface area contributed by atoms with Gasteiger partial charge in [0, 0.05) is 0 Å². The minimum atomic E-state index is 0. The van der Waals surface area contributed by atoms with E-state index in [0.717, 1.165) is 20.8 Å². The molecule has 2 nitrogen and oxygen atoms in total. The molecule has 0 radical (unpaired) electrons. The normalized spacial score (nSPS) is 23.6. The first-order valence-corrected chi connectivity index (χ1v) is 6.28. The topological polar surface area (TPSA) is 0 Å². The summed E-state index contributed by atoms with van der Waals surface area (Å²) in [6.07, 6.45) is 4.37. The molecule has 0 amide bonds. The second-order valence-corrected chi connectivity index (χ2v) is 7.36. The summed E-state index contributed by atoms with van der Waals surface area (Å²) in [7, 11) is 13.8. The van der Waals surface area contributed by atoms with Crippen molar-refractivity contribution in [3.8, 4) is 0 Å². The smallest absolute Gasteiger partial charge is 0.0783 e. The minimum Gasteiger partial charge on any atom is -1.00 e. The molecule has 17 heavy (non-hydrogen) atoms. The van der Waals surface area contributed by atoms with E-state index in [1.807, 2.05) is 0 Å². The zero-order valence-electron chi connectivity index (χ0n) is 12.3. The van der Waals surface area contributed by atoms with Crippen LogP contribution in [0.4, 0.5) is 0 Å². The summed E-state index contributed by atoms with van der Waals surface area (Å²) in [5.41, 5.74) is 0. The van der Waals surface area contributed by atoms with Crippen LogP contribution in [0, 0.1) is 11.8 Å². The van der Waals surface area contributed by atoms with Gasteiger partial charge >= 0.3 is 0 Å². The third kappa shape index (κ3) is 10.9. The van der Waals surface area contributed by atoms with Crippen LogP contribution in [-0.2, 0) is 0 Å². The predicted molar refractivity (Wildman–Crippen MR) is 66.6 cm³/mol. The Morgan fingerprint density at radius 3 is 1.24 bits per heavy atom. The molecule has 1 rings (SSSR count). The maximum absolute atomic E-state index is 2.30. The van der Waals surface area contributed by atoms with Crippen molar-refractivity contribution in [1.29, 1.82) is 0 Å². The first kappa shape index (κ1) is 20.7. The highest BCUT2D eigenvalue weighted by atomic mass is 127. The Kier molecular flexibility index (Phi) is 9.55. The Bertz CT molecular complexity index is 184. The van der Waals surface area contributed by atoms with Gasteiger partial charge in [-0.05, 0) is 31.1 Å². The van der Waals surface area contributed by atoms with Crippen molar-refractivity contribution in [3.63, 3.8) is 0 Å². The van der Waals surface area contributed by atoms with E-state index >= 15 is 0 Å². The second-order valence-electron chi connectivity index (χ2n) is 7.36. The molecular weight excluding hydrogens is 438 g/mol. The van der Waals surface area contributed by atoms with Gasteiger partial charge < -0.3 is 56.9 Å². The van der Waals surface area contributed by atoms with Gasteiger partial charge in [-0.3, -0.25) is 0 Å². The van der Waals surface area contributed by atoms with E-state index in [9.17, 15) is 0 Å². The summed E-state index contributed by atoms with van der Waals surface area (Å²) in [6, 6.07) is 0. The lowest BCUT2D eigenvalue weighted by atomic mass is 10.1. The number of hydrogen-bond acceptors (Lipinski definition) is 0. The van der Waals surface area contributed by atoms with Crippen molar-refractivity contribution >= 4 is 0 Å². The molecular formula is C13H30I2N2. The van der Waals surface area contributed by atoms with E-state index in [1.54, 1.807) is 0 Å². The molecule has 1 fully saturated rings. The zero-order valence-corrected chi connectivity index (χ0v) is 16.7. The lowest BCUT2D eigenvalue weighted by Gasteiger charge is -2.24. The van der Waals surface area contributed by atoms with Gasteiger partial charge in [-0.1, -0.05) is 0 Å². The van der Waals surface area contributed by atoms with Gasteiger partial charge in [0.15, 0.2) is 0 Å². The molecule has 106 valence electrons. The lowest BCUT2D eigenvalue weighted by Crippen LogP contribution is -3.00. The molecule has 0 saturated heterocycles. The molecule has 0 aromatic rings. The van der Waals surface area contributed by atoms with E-state index in [0.29, 0.717) is 0 Å². The summed E-state index contributed by atoms with van der Waals surface area (Å²) in [5, 5.41) is 0. The molecule has 1 aliphatic rings. The number of halogens is 2. The monoisotopic (exact) mass is 468 g/mol. The third-order valence-corrected chi connectivity index (χ3v) is 3.41. The van der Waals surface area contributed by atoms with Gasteiger partial charge in [0.25, 0.3) is 0 Å². The lowest BCUT2D eigenvalue weighted by molar-refractivity contribution is -0.871. The first-order valence-electron chi connectivity index (χ1n) is 6.28. The number of rotatable bonds is 6. The van der Waals surface area contributed by atoms with Crippen LogP contribution in [0.5, 0.6) is 0 Å². The molecule has 0 heterocycles. The van der Waals surface area contributed by atoms with Gasteiger partial charge in [-0.15, -0.1) is 0 Å². The van der Waals surface area contributed by atoms with Gasteiger partial charge in [-0.2, -0.15) is 0 Å². The highest BCUT2D eigenvalue weighted by Gasteiger charge is 2.38. The second kappa shape index (κ2) is 7.85. The van der Waals surface area contributed by atoms with Crippen molar-refractivity contribution in [2.75, 3.05) is 55.4 Å². The number of quaternary nitrogens is 2. The van der Waals surface area contributed by atoms with E-state index in [1.165, 1.54) is 32.4 Å². The SMILES string of the molecule is C[N+](C)(C)CCC1CC1CC[N+](C)(C)C.[I-].[I-]. The fourth-order valence-electron chi connectivity index (χ4n) is 2.12. The largest absolute Gasteiger partial charge is 1.00 e. The number of hydrogen-bond donors (Lipinski definition) is 0. The first-order chi connectivity index (χ1) is 6.67. The number of nitrogens with zero attached hydrogens (tertiary/aromatic N) is 2. The van der Waals surface area contributed by atoms with E-state index in [4.69, 9.17) is 0 Å². The summed E-state index contributed by atoms with van der Waals surface area (Å²) in [6.45, 7) is 2.68. The standard InChI is InChI=1S/C13H30N2.2HI/c1-14(2,3)9-7-12-11-13(12)8-10-15(4,5)6;;/h12-13H,7-11H2,1-6H3;2*1H/q+2;;/p-2. The molecule has 0 N–H and O–H groups in total. The fourth-order valence-corrected chi connectivity index (χ4v) is 2.12. The third-order valence-electron chi connectivity index (χ3n) is 3.41. The molecule has 1 aliphatic carbocycles. The van der Waals surface area contributed by atoms with Crippen LogP contribution in [0.1, 0.15) is 19.3 Å². The van der Waals surface area contributed by atoms with Crippen molar-refractivity contribution < 1.29 is 56.9 Å². The average Bonchev–Trinajstić information content (AvgIpc) is 2.73. The summed E-state index contributed by atoms with van der Waals surface area (Å²) in [5.74, 6) is 2.10. The quantitative estimate of drug-likeness (QED) is 0.275. The molecule has 1 saturated carbocycles. The Balaban J connectivity index is 0. The van der Waals surface area contributed by atoms with Crippen LogP contribution >= 0.6 is 0 Å². The maximum Gasteiger partial charge on any atom is 0.0783 e. The molecule has 0 bridgehead atoms.